The SMILES string of the molecule is CC(F)(F)COc1nnc(-c2cc(Cl)ccc2F)cc1Nc1ccnc(NC=O)c1. The molecule has 0 atom stereocenters. The topological polar surface area (TPSA) is 89.0 Å². The molecule has 0 aliphatic rings. The summed E-state index contributed by atoms with van der Waals surface area (Å²) in [5.41, 5.74) is 0.761. The maximum Gasteiger partial charge on any atom is 0.278 e. The number of rotatable bonds is 8. The molecule has 0 saturated carbocycles. The summed E-state index contributed by atoms with van der Waals surface area (Å²) in [4.78, 5) is 14.6. The molecular weight excluding hydrogens is 423 g/mol. The maximum atomic E-state index is 14.2. The Hall–Kier alpha value is -3.40. The summed E-state index contributed by atoms with van der Waals surface area (Å²) in [5.74, 6) is -3.66. The summed E-state index contributed by atoms with van der Waals surface area (Å²) >= 11 is 5.93. The third-order valence-corrected chi connectivity index (χ3v) is 3.91. The average molecular weight is 438 g/mol. The monoisotopic (exact) mass is 437 g/mol. The number of nitrogens with zero attached hydrogens (tertiary/aromatic N) is 3. The van der Waals surface area contributed by atoms with Crippen molar-refractivity contribution in [3.8, 4) is 17.1 Å². The third-order valence-electron chi connectivity index (χ3n) is 3.67. The molecule has 7 nitrogen and oxygen atoms in total. The minimum atomic E-state index is -3.10. The summed E-state index contributed by atoms with van der Waals surface area (Å²) in [6.07, 6.45) is 1.87. The number of alkyl halides is 2. The molecule has 30 heavy (non-hydrogen) atoms. The fourth-order valence-corrected chi connectivity index (χ4v) is 2.57. The number of hydrogen-bond donors (Lipinski definition) is 2. The maximum absolute atomic E-state index is 14.2. The second-order valence-electron chi connectivity index (χ2n) is 6.25. The van der Waals surface area contributed by atoms with E-state index in [-0.39, 0.29) is 33.7 Å². The van der Waals surface area contributed by atoms with E-state index in [9.17, 15) is 18.0 Å². The summed E-state index contributed by atoms with van der Waals surface area (Å²) < 4.78 is 45.8. The van der Waals surface area contributed by atoms with Crippen LogP contribution >= 0.6 is 11.6 Å². The minimum Gasteiger partial charge on any atom is -0.469 e. The molecule has 0 saturated heterocycles. The summed E-state index contributed by atoms with van der Waals surface area (Å²) in [6, 6.07) is 8.37. The van der Waals surface area contributed by atoms with E-state index in [0.29, 0.717) is 19.0 Å². The first-order valence-corrected chi connectivity index (χ1v) is 8.90. The molecule has 11 heteroatoms. The fourth-order valence-electron chi connectivity index (χ4n) is 2.40. The first-order chi connectivity index (χ1) is 14.2. The molecule has 3 aromatic rings. The smallest absolute Gasteiger partial charge is 0.278 e. The lowest BCUT2D eigenvalue weighted by Crippen LogP contribution is -2.21. The van der Waals surface area contributed by atoms with Crippen molar-refractivity contribution in [2.24, 2.45) is 0 Å². The van der Waals surface area contributed by atoms with E-state index in [2.05, 4.69) is 25.8 Å². The first-order valence-electron chi connectivity index (χ1n) is 8.52. The van der Waals surface area contributed by atoms with Crippen LogP contribution in [0.2, 0.25) is 5.02 Å². The fraction of sp³-hybridized carbons (Fsp3) is 0.158. The molecule has 0 fully saturated rings. The van der Waals surface area contributed by atoms with Crippen LogP contribution in [0.3, 0.4) is 0 Å². The van der Waals surface area contributed by atoms with Crippen LogP contribution in [0.25, 0.3) is 11.3 Å². The largest absolute Gasteiger partial charge is 0.469 e. The van der Waals surface area contributed by atoms with Crippen molar-refractivity contribution < 1.29 is 22.7 Å². The first kappa shape index (κ1) is 21.3. The van der Waals surface area contributed by atoms with Gasteiger partial charge in [-0.25, -0.2) is 18.2 Å². The van der Waals surface area contributed by atoms with E-state index in [1.165, 1.54) is 36.5 Å². The Morgan fingerprint density at radius 2 is 2.00 bits per heavy atom. The Morgan fingerprint density at radius 1 is 1.20 bits per heavy atom. The van der Waals surface area contributed by atoms with Crippen LogP contribution in [0.5, 0.6) is 5.88 Å². The van der Waals surface area contributed by atoms with Crippen molar-refractivity contribution >= 4 is 35.2 Å². The molecule has 0 aliphatic carbocycles. The van der Waals surface area contributed by atoms with Gasteiger partial charge in [-0.05, 0) is 30.3 Å². The zero-order valence-electron chi connectivity index (χ0n) is 15.5. The van der Waals surface area contributed by atoms with Gasteiger partial charge in [-0.1, -0.05) is 11.6 Å². The number of pyridine rings is 1. The van der Waals surface area contributed by atoms with Gasteiger partial charge >= 0.3 is 0 Å². The summed E-state index contributed by atoms with van der Waals surface area (Å²) in [5, 5.41) is 13.3. The number of benzene rings is 1. The number of hydrogen-bond acceptors (Lipinski definition) is 6. The Bertz CT molecular complexity index is 1060. The van der Waals surface area contributed by atoms with Crippen LogP contribution < -0.4 is 15.4 Å². The number of halogens is 4. The van der Waals surface area contributed by atoms with Gasteiger partial charge in [0.25, 0.3) is 11.8 Å². The molecule has 0 spiro atoms. The molecule has 3 rings (SSSR count). The Kier molecular flexibility index (Phi) is 6.36. The minimum absolute atomic E-state index is 0.0726. The van der Waals surface area contributed by atoms with Crippen LogP contribution in [0.4, 0.5) is 30.4 Å². The lowest BCUT2D eigenvalue weighted by Gasteiger charge is -2.16. The average Bonchev–Trinajstić information content (AvgIpc) is 2.69. The molecule has 0 bridgehead atoms. The zero-order chi connectivity index (χ0) is 21.7. The van der Waals surface area contributed by atoms with E-state index < -0.39 is 18.3 Å². The van der Waals surface area contributed by atoms with Gasteiger partial charge in [-0.15, -0.1) is 10.2 Å². The van der Waals surface area contributed by atoms with Crippen molar-refractivity contribution in [3.05, 3.63) is 53.4 Å². The second kappa shape index (κ2) is 8.95. The normalized spacial score (nSPS) is 11.1. The number of carbonyl (C=O) groups excluding carboxylic acids is 1. The molecule has 1 amide bonds. The van der Waals surface area contributed by atoms with Gasteiger partial charge in [0.1, 0.15) is 17.3 Å². The quantitative estimate of drug-likeness (QED) is 0.497. The number of aromatic nitrogens is 3. The highest BCUT2D eigenvalue weighted by molar-refractivity contribution is 6.30. The number of anilines is 3. The van der Waals surface area contributed by atoms with Crippen molar-refractivity contribution in [3.63, 3.8) is 0 Å². The molecule has 1 aromatic carbocycles. The highest BCUT2D eigenvalue weighted by atomic mass is 35.5. The van der Waals surface area contributed by atoms with Gasteiger partial charge in [-0.2, -0.15) is 0 Å². The van der Waals surface area contributed by atoms with Crippen molar-refractivity contribution in [1.82, 2.24) is 15.2 Å². The van der Waals surface area contributed by atoms with E-state index in [0.717, 1.165) is 0 Å². The lowest BCUT2D eigenvalue weighted by molar-refractivity contribution is -0.105. The number of nitrogens with one attached hydrogen (secondary N) is 2. The summed E-state index contributed by atoms with van der Waals surface area (Å²) in [7, 11) is 0. The number of ether oxygens (including phenoxy) is 1. The molecule has 2 heterocycles. The van der Waals surface area contributed by atoms with Gasteiger partial charge in [0, 0.05) is 35.5 Å². The predicted molar refractivity (Wildman–Crippen MR) is 106 cm³/mol. The molecule has 2 N–H and O–H groups in total. The van der Waals surface area contributed by atoms with Crippen molar-refractivity contribution in [2.75, 3.05) is 17.2 Å². The van der Waals surface area contributed by atoms with Crippen LogP contribution in [0.15, 0.2) is 42.6 Å². The third kappa shape index (κ3) is 5.57. The molecule has 0 aliphatic heterocycles. The number of amides is 1. The lowest BCUT2D eigenvalue weighted by atomic mass is 10.1. The highest BCUT2D eigenvalue weighted by Gasteiger charge is 2.24. The molecule has 0 unspecified atom stereocenters. The molecule has 0 radical (unpaired) electrons. The van der Waals surface area contributed by atoms with Crippen molar-refractivity contribution in [2.45, 2.75) is 12.8 Å². The second-order valence-corrected chi connectivity index (χ2v) is 6.68. The number of carbonyl (C=O) groups is 1. The Labute approximate surface area is 174 Å². The van der Waals surface area contributed by atoms with E-state index in [1.54, 1.807) is 6.07 Å². The van der Waals surface area contributed by atoms with Gasteiger partial charge in [-0.3, -0.25) is 4.79 Å². The standard InChI is InChI=1S/C19H15ClF3N5O2/c1-19(22,23)9-30-18-16(26-12-4-5-24-17(7-12)25-10-29)8-15(27-28-18)13-6-11(20)2-3-14(13)21/h2-8,10H,9H2,1H3,(H2,24,25,26,27,29). The van der Waals surface area contributed by atoms with Crippen LogP contribution in [-0.4, -0.2) is 34.1 Å². The predicted octanol–water partition coefficient (Wildman–Crippen LogP) is 4.68. The van der Waals surface area contributed by atoms with E-state index in [1.807, 2.05) is 0 Å². The van der Waals surface area contributed by atoms with E-state index >= 15 is 0 Å². The molecule has 156 valence electrons. The van der Waals surface area contributed by atoms with Crippen LogP contribution in [0.1, 0.15) is 6.92 Å². The van der Waals surface area contributed by atoms with Crippen LogP contribution in [-0.2, 0) is 4.79 Å². The van der Waals surface area contributed by atoms with Gasteiger partial charge in [0.15, 0.2) is 6.61 Å². The van der Waals surface area contributed by atoms with Gasteiger partial charge < -0.3 is 15.4 Å². The van der Waals surface area contributed by atoms with Crippen molar-refractivity contribution in [1.29, 1.82) is 0 Å². The Balaban J connectivity index is 2.00. The molecular formula is C19H15ClF3N5O2. The highest BCUT2D eigenvalue weighted by Crippen LogP contribution is 2.32. The van der Waals surface area contributed by atoms with Crippen LogP contribution in [0, 0.1) is 5.82 Å². The Morgan fingerprint density at radius 3 is 2.73 bits per heavy atom. The van der Waals surface area contributed by atoms with Gasteiger partial charge in [0.05, 0.1) is 5.69 Å². The molecule has 2 aromatic heterocycles. The van der Waals surface area contributed by atoms with Gasteiger partial charge in [0.2, 0.25) is 6.41 Å². The summed E-state index contributed by atoms with van der Waals surface area (Å²) in [6.45, 7) is -0.237. The van der Waals surface area contributed by atoms with E-state index in [4.69, 9.17) is 16.3 Å². The zero-order valence-corrected chi connectivity index (χ0v) is 16.3.